The average molecular weight is 346 g/mol. The Morgan fingerprint density at radius 2 is 2.19 bits per heavy atom. The molecule has 0 spiro atoms. The van der Waals surface area contributed by atoms with Crippen LogP contribution in [-0.2, 0) is 16.4 Å². The molecule has 9 heteroatoms. The van der Waals surface area contributed by atoms with E-state index in [0.717, 1.165) is 21.1 Å². The maximum absolute atomic E-state index is 12.2. The molecule has 2 heterocycles. The lowest BCUT2D eigenvalue weighted by Crippen LogP contribution is -2.34. The third kappa shape index (κ3) is 3.88. The van der Waals surface area contributed by atoms with E-state index in [1.165, 1.54) is 5.51 Å². The highest BCUT2D eigenvalue weighted by Crippen LogP contribution is 2.21. The van der Waals surface area contributed by atoms with E-state index in [2.05, 4.69) is 9.71 Å². The van der Waals surface area contributed by atoms with Crippen molar-refractivity contribution in [2.24, 2.45) is 0 Å². The maximum Gasteiger partial charge on any atom is 0.356 e. The number of nitrogens with one attached hydrogen (secondary N) is 1. The van der Waals surface area contributed by atoms with E-state index < -0.39 is 21.7 Å². The molecule has 2 N–H and O–H groups in total. The van der Waals surface area contributed by atoms with Crippen molar-refractivity contribution in [1.29, 1.82) is 0 Å². The first kappa shape index (κ1) is 16.1. The summed E-state index contributed by atoms with van der Waals surface area (Å²) in [5.74, 6) is -1.35. The van der Waals surface area contributed by atoms with Gasteiger partial charge in [0.05, 0.1) is 5.51 Å². The molecular weight excluding hydrogens is 332 g/mol. The zero-order chi connectivity index (χ0) is 15.6. The number of carbonyl (C=O) groups is 1. The van der Waals surface area contributed by atoms with E-state index in [4.69, 9.17) is 5.11 Å². The van der Waals surface area contributed by atoms with Crippen LogP contribution in [0.4, 0.5) is 0 Å². The monoisotopic (exact) mass is 346 g/mol. The molecule has 2 rings (SSSR count). The molecule has 0 bridgehead atoms. The van der Waals surface area contributed by atoms with Gasteiger partial charge in [-0.25, -0.2) is 22.9 Å². The Morgan fingerprint density at radius 3 is 2.76 bits per heavy atom. The minimum Gasteiger partial charge on any atom is -0.476 e. The van der Waals surface area contributed by atoms with Crippen molar-refractivity contribution in [3.63, 3.8) is 0 Å². The Hall–Kier alpha value is -1.29. The van der Waals surface area contributed by atoms with Crippen LogP contribution < -0.4 is 4.72 Å². The summed E-state index contributed by atoms with van der Waals surface area (Å²) in [5.41, 5.74) is 0.775. The number of aryl methyl sites for hydroxylation is 1. The van der Waals surface area contributed by atoms with E-state index in [1.807, 2.05) is 19.1 Å². The first-order valence-corrected chi connectivity index (χ1v) is 9.22. The van der Waals surface area contributed by atoms with Crippen molar-refractivity contribution in [3.05, 3.63) is 33.1 Å². The van der Waals surface area contributed by atoms with E-state index in [0.29, 0.717) is 6.42 Å². The standard InChI is InChI=1S/C12H14N2O4S3/c1-7(5-9-4-3-8(2)20-9)14-21(17,18)12-10(11(15)16)13-6-19-12/h3-4,6-7,14H,5H2,1-2H3,(H,15,16). The van der Waals surface area contributed by atoms with Gasteiger partial charge < -0.3 is 5.11 Å². The van der Waals surface area contributed by atoms with Gasteiger partial charge in [0.2, 0.25) is 0 Å². The Balaban J connectivity index is 2.13. The fourth-order valence-corrected chi connectivity index (χ4v) is 5.24. The van der Waals surface area contributed by atoms with Gasteiger partial charge in [0.15, 0.2) is 9.90 Å². The number of hydrogen-bond donors (Lipinski definition) is 2. The lowest BCUT2D eigenvalue weighted by molar-refractivity contribution is 0.0687. The number of sulfonamides is 1. The van der Waals surface area contributed by atoms with Crippen molar-refractivity contribution in [1.82, 2.24) is 9.71 Å². The Kier molecular flexibility index (Phi) is 4.77. The molecule has 1 atom stereocenters. The molecule has 0 aromatic carbocycles. The van der Waals surface area contributed by atoms with Gasteiger partial charge in [-0.3, -0.25) is 0 Å². The van der Waals surface area contributed by atoms with Gasteiger partial charge in [0, 0.05) is 15.8 Å². The van der Waals surface area contributed by atoms with Crippen LogP contribution in [0.2, 0.25) is 0 Å². The summed E-state index contributed by atoms with van der Waals surface area (Å²) in [6.45, 7) is 3.73. The number of thiazole rings is 1. The fourth-order valence-electron chi connectivity index (χ4n) is 1.83. The Bertz CT molecular complexity index is 748. The van der Waals surface area contributed by atoms with E-state index in [1.54, 1.807) is 18.3 Å². The van der Waals surface area contributed by atoms with Crippen LogP contribution in [0.1, 0.15) is 27.2 Å². The fraction of sp³-hybridized carbons (Fsp3) is 0.333. The van der Waals surface area contributed by atoms with Gasteiger partial charge in [-0.2, -0.15) is 0 Å². The van der Waals surface area contributed by atoms with Gasteiger partial charge in [-0.1, -0.05) is 0 Å². The number of aromatic carboxylic acids is 1. The molecule has 21 heavy (non-hydrogen) atoms. The van der Waals surface area contributed by atoms with Crippen LogP contribution in [0.15, 0.2) is 21.9 Å². The molecule has 114 valence electrons. The summed E-state index contributed by atoms with van der Waals surface area (Å²) in [4.78, 5) is 16.8. The molecule has 2 aromatic rings. The summed E-state index contributed by atoms with van der Waals surface area (Å²) in [6, 6.07) is 3.60. The summed E-state index contributed by atoms with van der Waals surface area (Å²) in [7, 11) is -3.88. The van der Waals surface area contributed by atoms with Gasteiger partial charge >= 0.3 is 5.97 Å². The second kappa shape index (κ2) is 6.22. The third-order valence-electron chi connectivity index (χ3n) is 2.64. The topological polar surface area (TPSA) is 96.4 Å². The zero-order valence-corrected chi connectivity index (χ0v) is 13.8. The first-order valence-electron chi connectivity index (χ1n) is 6.04. The second-order valence-electron chi connectivity index (χ2n) is 4.53. The quantitative estimate of drug-likeness (QED) is 0.835. The van der Waals surface area contributed by atoms with E-state index in [9.17, 15) is 13.2 Å². The van der Waals surface area contributed by atoms with E-state index >= 15 is 0 Å². The number of carboxylic acid groups (broad SMARTS) is 1. The average Bonchev–Trinajstić information content (AvgIpc) is 2.97. The Labute approximate surface area is 130 Å². The zero-order valence-electron chi connectivity index (χ0n) is 11.4. The highest BCUT2D eigenvalue weighted by molar-refractivity contribution is 7.91. The van der Waals surface area contributed by atoms with Crippen LogP contribution >= 0.6 is 22.7 Å². The van der Waals surface area contributed by atoms with Gasteiger partial charge in [-0.05, 0) is 32.4 Å². The molecular formula is C12H14N2O4S3. The summed E-state index contributed by atoms with van der Waals surface area (Å²) in [6.07, 6.45) is 0.555. The minimum absolute atomic E-state index is 0.260. The smallest absolute Gasteiger partial charge is 0.356 e. The van der Waals surface area contributed by atoms with Crippen LogP contribution in [0.5, 0.6) is 0 Å². The molecule has 0 radical (unpaired) electrons. The largest absolute Gasteiger partial charge is 0.476 e. The lowest BCUT2D eigenvalue weighted by atomic mass is 10.2. The first-order chi connectivity index (χ1) is 9.79. The maximum atomic E-state index is 12.2. The second-order valence-corrected chi connectivity index (χ2v) is 8.67. The van der Waals surface area contributed by atoms with Crippen molar-refractivity contribution < 1.29 is 18.3 Å². The molecule has 0 amide bonds. The SMILES string of the molecule is Cc1ccc(CC(C)NS(=O)(=O)c2scnc2C(=O)O)s1. The Morgan fingerprint density at radius 1 is 1.48 bits per heavy atom. The summed E-state index contributed by atoms with van der Waals surface area (Å²) < 4.78 is 26.7. The number of rotatable bonds is 6. The predicted molar refractivity (Wildman–Crippen MR) is 81.6 cm³/mol. The molecule has 0 saturated carbocycles. The number of thiophene rings is 1. The molecule has 0 aliphatic rings. The number of nitrogens with zero attached hydrogens (tertiary/aromatic N) is 1. The van der Waals surface area contributed by atoms with Crippen LogP contribution in [-0.4, -0.2) is 30.5 Å². The van der Waals surface area contributed by atoms with Crippen molar-refractivity contribution in [2.75, 3.05) is 0 Å². The number of hydrogen-bond acceptors (Lipinski definition) is 6. The summed E-state index contributed by atoms with van der Waals surface area (Å²) in [5, 5.41) is 8.94. The molecule has 0 aliphatic heterocycles. The highest BCUT2D eigenvalue weighted by Gasteiger charge is 2.27. The number of carboxylic acids is 1. The van der Waals surface area contributed by atoms with Crippen LogP contribution in [0, 0.1) is 6.92 Å². The van der Waals surface area contributed by atoms with E-state index in [-0.39, 0.29) is 10.3 Å². The van der Waals surface area contributed by atoms with Gasteiger partial charge in [0.1, 0.15) is 0 Å². The minimum atomic E-state index is -3.88. The lowest BCUT2D eigenvalue weighted by Gasteiger charge is -2.12. The highest BCUT2D eigenvalue weighted by atomic mass is 32.2. The summed E-state index contributed by atoms with van der Waals surface area (Å²) >= 11 is 2.41. The molecule has 0 saturated heterocycles. The molecule has 0 fully saturated rings. The molecule has 0 aliphatic carbocycles. The van der Waals surface area contributed by atoms with Crippen molar-refractivity contribution >= 4 is 38.7 Å². The van der Waals surface area contributed by atoms with Crippen LogP contribution in [0.3, 0.4) is 0 Å². The normalized spacial score (nSPS) is 13.2. The number of aromatic nitrogens is 1. The molecule has 6 nitrogen and oxygen atoms in total. The van der Waals surface area contributed by atoms with Crippen molar-refractivity contribution in [3.8, 4) is 0 Å². The third-order valence-corrected chi connectivity index (χ3v) is 6.62. The van der Waals surface area contributed by atoms with Gasteiger partial charge in [-0.15, -0.1) is 22.7 Å². The molecule has 1 unspecified atom stereocenters. The van der Waals surface area contributed by atoms with Crippen LogP contribution in [0.25, 0.3) is 0 Å². The van der Waals surface area contributed by atoms with Crippen molar-refractivity contribution in [2.45, 2.75) is 30.5 Å². The van der Waals surface area contributed by atoms with Gasteiger partial charge in [0.25, 0.3) is 10.0 Å². The molecule has 2 aromatic heterocycles. The predicted octanol–water partition coefficient (Wildman–Crippen LogP) is 2.12.